The average Bonchev–Trinajstić information content (AvgIpc) is 2.15. The van der Waals surface area contributed by atoms with Gasteiger partial charge in [0.15, 0.2) is 0 Å². The summed E-state index contributed by atoms with van der Waals surface area (Å²) >= 11 is 4.85. The lowest BCUT2D eigenvalue weighted by atomic mass is 10.0. The number of hydrogen-bond donors (Lipinski definition) is 1. The standard InChI is InChI=1S/C11H22N2S/c1-10-6-2-4-8-13(10)9-5-3-7-11(12)14/h10H,2-9H2,1H3,(H2,12,14). The largest absolute Gasteiger partial charge is 0.393 e. The molecule has 3 heteroatoms. The Bertz CT molecular complexity index is 182. The van der Waals surface area contributed by atoms with Gasteiger partial charge in [0.25, 0.3) is 0 Å². The fraction of sp³-hybridized carbons (Fsp3) is 0.909. The molecular formula is C11H22N2S. The van der Waals surface area contributed by atoms with E-state index >= 15 is 0 Å². The number of unbranched alkanes of at least 4 members (excludes halogenated alkanes) is 1. The first kappa shape index (κ1) is 11.9. The van der Waals surface area contributed by atoms with E-state index in [1.807, 2.05) is 0 Å². The summed E-state index contributed by atoms with van der Waals surface area (Å²) in [4.78, 5) is 3.26. The van der Waals surface area contributed by atoms with Gasteiger partial charge in [0, 0.05) is 6.04 Å². The van der Waals surface area contributed by atoms with Crippen LogP contribution in [0.1, 0.15) is 45.4 Å². The van der Waals surface area contributed by atoms with Gasteiger partial charge in [-0.3, -0.25) is 0 Å². The minimum absolute atomic E-state index is 0.664. The highest BCUT2D eigenvalue weighted by Crippen LogP contribution is 2.16. The Labute approximate surface area is 92.8 Å². The van der Waals surface area contributed by atoms with Crippen molar-refractivity contribution in [1.29, 1.82) is 0 Å². The number of nitrogens with zero attached hydrogens (tertiary/aromatic N) is 1. The van der Waals surface area contributed by atoms with Gasteiger partial charge >= 0.3 is 0 Å². The summed E-state index contributed by atoms with van der Waals surface area (Å²) in [5, 5.41) is 0. The van der Waals surface area contributed by atoms with Crippen molar-refractivity contribution < 1.29 is 0 Å². The SMILES string of the molecule is CC1CCCCN1CCCCC(N)=S. The van der Waals surface area contributed by atoms with Gasteiger partial charge in [-0.05, 0) is 52.1 Å². The maximum Gasteiger partial charge on any atom is 0.0727 e. The van der Waals surface area contributed by atoms with Crippen LogP contribution < -0.4 is 5.73 Å². The second kappa shape index (κ2) is 6.36. The molecule has 0 amide bonds. The second-order valence-electron chi connectivity index (χ2n) is 4.30. The third kappa shape index (κ3) is 4.38. The molecule has 14 heavy (non-hydrogen) atoms. The van der Waals surface area contributed by atoms with Crippen molar-refractivity contribution in [2.75, 3.05) is 13.1 Å². The first-order valence-electron chi connectivity index (χ1n) is 5.72. The van der Waals surface area contributed by atoms with Crippen LogP contribution in [0.4, 0.5) is 0 Å². The smallest absolute Gasteiger partial charge is 0.0727 e. The van der Waals surface area contributed by atoms with E-state index in [2.05, 4.69) is 11.8 Å². The molecule has 1 atom stereocenters. The monoisotopic (exact) mass is 214 g/mol. The number of nitrogens with two attached hydrogens (primary N) is 1. The van der Waals surface area contributed by atoms with Gasteiger partial charge in [0.05, 0.1) is 4.99 Å². The molecule has 2 N–H and O–H groups in total. The maximum atomic E-state index is 5.46. The molecule has 0 saturated carbocycles. The molecule has 1 aliphatic heterocycles. The predicted molar refractivity (Wildman–Crippen MR) is 65.5 cm³/mol. The molecule has 0 aliphatic carbocycles. The molecule has 1 heterocycles. The molecule has 1 aliphatic rings. The van der Waals surface area contributed by atoms with E-state index < -0.39 is 0 Å². The molecule has 1 unspecified atom stereocenters. The third-order valence-electron chi connectivity index (χ3n) is 3.06. The van der Waals surface area contributed by atoms with Crippen molar-refractivity contribution in [1.82, 2.24) is 4.90 Å². The van der Waals surface area contributed by atoms with Crippen molar-refractivity contribution in [3.63, 3.8) is 0 Å². The highest BCUT2D eigenvalue weighted by molar-refractivity contribution is 7.80. The van der Waals surface area contributed by atoms with Gasteiger partial charge in [0.1, 0.15) is 0 Å². The number of likely N-dealkylation sites (tertiary alicyclic amines) is 1. The van der Waals surface area contributed by atoms with E-state index in [0.717, 1.165) is 18.9 Å². The van der Waals surface area contributed by atoms with Crippen molar-refractivity contribution in [2.24, 2.45) is 5.73 Å². The summed E-state index contributed by atoms with van der Waals surface area (Å²) in [7, 11) is 0. The van der Waals surface area contributed by atoms with E-state index in [-0.39, 0.29) is 0 Å². The Morgan fingerprint density at radius 2 is 2.21 bits per heavy atom. The summed E-state index contributed by atoms with van der Waals surface area (Å²) in [5.74, 6) is 0. The van der Waals surface area contributed by atoms with Crippen LogP contribution >= 0.6 is 12.2 Å². The number of hydrogen-bond acceptors (Lipinski definition) is 2. The third-order valence-corrected chi connectivity index (χ3v) is 3.26. The van der Waals surface area contributed by atoms with Gasteiger partial charge in [-0.25, -0.2) is 0 Å². The Hall–Kier alpha value is -0.150. The summed E-state index contributed by atoms with van der Waals surface area (Å²) in [6.45, 7) is 4.85. The summed E-state index contributed by atoms with van der Waals surface area (Å²) in [6, 6.07) is 0.786. The number of rotatable bonds is 5. The number of thiocarbonyl (C=S) groups is 1. The van der Waals surface area contributed by atoms with Crippen molar-refractivity contribution in [2.45, 2.75) is 51.5 Å². The van der Waals surface area contributed by atoms with Crippen LogP contribution in [0.15, 0.2) is 0 Å². The Kier molecular flexibility index (Phi) is 5.41. The molecular weight excluding hydrogens is 192 g/mol. The van der Waals surface area contributed by atoms with E-state index in [9.17, 15) is 0 Å². The molecule has 0 aromatic rings. The normalized spacial score (nSPS) is 23.6. The van der Waals surface area contributed by atoms with Gasteiger partial charge in [-0.2, -0.15) is 0 Å². The first-order chi connectivity index (χ1) is 6.70. The van der Waals surface area contributed by atoms with Gasteiger partial charge < -0.3 is 10.6 Å². The maximum absolute atomic E-state index is 5.46. The summed E-state index contributed by atoms with van der Waals surface area (Å²) < 4.78 is 0. The van der Waals surface area contributed by atoms with Gasteiger partial charge in [-0.1, -0.05) is 18.6 Å². The van der Waals surface area contributed by atoms with Crippen LogP contribution in [0.3, 0.4) is 0 Å². The molecule has 0 spiro atoms. The van der Waals surface area contributed by atoms with Gasteiger partial charge in [0.2, 0.25) is 0 Å². The average molecular weight is 214 g/mol. The highest BCUT2D eigenvalue weighted by Gasteiger charge is 2.16. The summed E-state index contributed by atoms with van der Waals surface area (Å²) in [6.07, 6.45) is 7.46. The van der Waals surface area contributed by atoms with Gasteiger partial charge in [-0.15, -0.1) is 0 Å². The van der Waals surface area contributed by atoms with Crippen LogP contribution in [0.5, 0.6) is 0 Å². The zero-order valence-corrected chi connectivity index (χ0v) is 9.98. The molecule has 2 nitrogen and oxygen atoms in total. The van der Waals surface area contributed by atoms with E-state index in [0.29, 0.717) is 4.99 Å². The minimum Gasteiger partial charge on any atom is -0.393 e. The highest BCUT2D eigenvalue weighted by atomic mass is 32.1. The second-order valence-corrected chi connectivity index (χ2v) is 4.83. The van der Waals surface area contributed by atoms with E-state index in [1.54, 1.807) is 0 Å². The predicted octanol–water partition coefficient (Wildman–Crippen LogP) is 2.32. The van der Waals surface area contributed by atoms with Crippen molar-refractivity contribution in [3.05, 3.63) is 0 Å². The zero-order chi connectivity index (χ0) is 10.4. The quantitative estimate of drug-likeness (QED) is 0.562. The lowest BCUT2D eigenvalue weighted by molar-refractivity contribution is 0.158. The molecule has 1 rings (SSSR count). The fourth-order valence-electron chi connectivity index (χ4n) is 2.10. The lowest BCUT2D eigenvalue weighted by Crippen LogP contribution is -2.38. The fourth-order valence-corrected chi connectivity index (χ4v) is 2.25. The first-order valence-corrected chi connectivity index (χ1v) is 6.13. The van der Waals surface area contributed by atoms with Crippen LogP contribution in [0.2, 0.25) is 0 Å². The molecule has 0 radical (unpaired) electrons. The zero-order valence-electron chi connectivity index (χ0n) is 9.17. The molecule has 0 aromatic carbocycles. The van der Waals surface area contributed by atoms with Crippen LogP contribution in [-0.4, -0.2) is 29.0 Å². The Morgan fingerprint density at radius 1 is 1.43 bits per heavy atom. The number of piperidine rings is 1. The molecule has 0 bridgehead atoms. The van der Waals surface area contributed by atoms with Crippen LogP contribution in [-0.2, 0) is 0 Å². The van der Waals surface area contributed by atoms with Crippen molar-refractivity contribution >= 4 is 17.2 Å². The molecule has 1 fully saturated rings. The Morgan fingerprint density at radius 3 is 2.86 bits per heavy atom. The molecule has 1 saturated heterocycles. The summed E-state index contributed by atoms with van der Waals surface area (Å²) in [5.41, 5.74) is 5.46. The molecule has 82 valence electrons. The van der Waals surface area contributed by atoms with Crippen LogP contribution in [0, 0.1) is 0 Å². The van der Waals surface area contributed by atoms with E-state index in [4.69, 9.17) is 18.0 Å². The Balaban J connectivity index is 2.07. The minimum atomic E-state index is 0.664. The van der Waals surface area contributed by atoms with E-state index in [1.165, 1.54) is 38.8 Å². The lowest BCUT2D eigenvalue weighted by Gasteiger charge is -2.33. The van der Waals surface area contributed by atoms with Crippen molar-refractivity contribution in [3.8, 4) is 0 Å². The topological polar surface area (TPSA) is 29.3 Å². The molecule has 0 aromatic heterocycles. The van der Waals surface area contributed by atoms with Crippen LogP contribution in [0.25, 0.3) is 0 Å².